The highest BCUT2D eigenvalue weighted by molar-refractivity contribution is 6.07. The topological polar surface area (TPSA) is 126 Å². The number of benzene rings is 2. The van der Waals surface area contributed by atoms with Gasteiger partial charge in [0.1, 0.15) is 35.6 Å². The lowest BCUT2D eigenvalue weighted by Gasteiger charge is -2.10. The number of aromatic nitrogens is 5. The summed E-state index contributed by atoms with van der Waals surface area (Å²) in [5.74, 6) is 1.76. The quantitative estimate of drug-likeness (QED) is 0.382. The molecule has 0 radical (unpaired) electrons. The predicted octanol–water partition coefficient (Wildman–Crippen LogP) is 2.75. The Morgan fingerprint density at radius 2 is 1.83 bits per heavy atom. The number of hydrogen-bond acceptors (Lipinski definition) is 8. The van der Waals surface area contributed by atoms with Crippen molar-refractivity contribution < 1.29 is 18.8 Å². The lowest BCUT2D eigenvalue weighted by molar-refractivity contribution is -0.116. The molecule has 0 spiro atoms. The maximum atomic E-state index is 13.5. The second-order valence-corrected chi connectivity index (χ2v) is 7.86. The minimum Gasteiger partial charge on any atom is -0.497 e. The first-order chi connectivity index (χ1) is 17.0. The highest BCUT2D eigenvalue weighted by atomic mass is 16.5. The number of ether oxygens (including phenoxy) is 2. The summed E-state index contributed by atoms with van der Waals surface area (Å²) in [5.41, 5.74) is 1.72. The van der Waals surface area contributed by atoms with E-state index < -0.39 is 0 Å². The van der Waals surface area contributed by atoms with E-state index in [0.717, 1.165) is 0 Å². The molecule has 0 fully saturated rings. The third-order valence-corrected chi connectivity index (χ3v) is 5.58. The van der Waals surface area contributed by atoms with Crippen LogP contribution in [0, 0.1) is 6.92 Å². The molecule has 3 aromatic heterocycles. The van der Waals surface area contributed by atoms with Gasteiger partial charge in [-0.15, -0.1) is 0 Å². The summed E-state index contributed by atoms with van der Waals surface area (Å²) in [7, 11) is 3.14. The molecule has 0 aliphatic carbocycles. The minimum absolute atomic E-state index is 0.0610. The molecule has 0 bridgehead atoms. The molecule has 0 aliphatic heterocycles. The maximum absolute atomic E-state index is 13.5. The van der Waals surface area contributed by atoms with E-state index in [0.29, 0.717) is 39.4 Å². The standard InChI is InChI=1S/C24H22N6O5/c1-14-26-21(35-28-14)12-29-13-25-22-18-10-17(34-3)8-9-19(18)30(23(22)24(29)32)11-20(31)27-15-4-6-16(33-2)7-5-15/h4-10,13H,11-12H2,1-3H3,(H,27,31). The van der Waals surface area contributed by atoms with Crippen LogP contribution >= 0.6 is 0 Å². The molecule has 0 unspecified atom stereocenters. The predicted molar refractivity (Wildman–Crippen MR) is 128 cm³/mol. The smallest absolute Gasteiger partial charge is 0.278 e. The van der Waals surface area contributed by atoms with Crippen molar-refractivity contribution >= 4 is 33.5 Å². The summed E-state index contributed by atoms with van der Waals surface area (Å²) in [6, 6.07) is 12.4. The molecule has 5 aromatic rings. The Labute approximate surface area is 198 Å². The second-order valence-electron chi connectivity index (χ2n) is 7.86. The van der Waals surface area contributed by atoms with Crippen LogP contribution in [0.2, 0.25) is 0 Å². The number of methoxy groups -OCH3 is 2. The number of rotatable bonds is 7. The van der Waals surface area contributed by atoms with Crippen LogP contribution in [0.25, 0.3) is 21.9 Å². The number of anilines is 1. The van der Waals surface area contributed by atoms with Crippen LogP contribution in [0.1, 0.15) is 11.7 Å². The van der Waals surface area contributed by atoms with Gasteiger partial charge in [-0.25, -0.2) is 4.98 Å². The monoisotopic (exact) mass is 474 g/mol. The van der Waals surface area contributed by atoms with Crippen molar-refractivity contribution in [3.8, 4) is 11.5 Å². The second kappa shape index (κ2) is 8.93. The van der Waals surface area contributed by atoms with Gasteiger partial charge in [0.2, 0.25) is 11.8 Å². The molecular formula is C24H22N6O5. The number of carbonyl (C=O) groups is 1. The van der Waals surface area contributed by atoms with Gasteiger partial charge in [-0.2, -0.15) is 4.98 Å². The van der Waals surface area contributed by atoms with E-state index in [9.17, 15) is 9.59 Å². The normalized spacial score (nSPS) is 11.2. The van der Waals surface area contributed by atoms with Gasteiger partial charge < -0.3 is 23.9 Å². The van der Waals surface area contributed by atoms with E-state index in [-0.39, 0.29) is 36.0 Å². The molecule has 0 saturated carbocycles. The van der Waals surface area contributed by atoms with Crippen molar-refractivity contribution in [2.45, 2.75) is 20.0 Å². The number of nitrogens with one attached hydrogen (secondary N) is 1. The van der Waals surface area contributed by atoms with Crippen molar-refractivity contribution in [3.05, 3.63) is 70.9 Å². The van der Waals surface area contributed by atoms with Gasteiger partial charge in [0.05, 0.1) is 26.1 Å². The summed E-state index contributed by atoms with van der Waals surface area (Å²) in [6.45, 7) is 1.66. The number of carbonyl (C=O) groups excluding carboxylic acids is 1. The highest BCUT2D eigenvalue weighted by Crippen LogP contribution is 2.29. The van der Waals surface area contributed by atoms with Crippen LogP contribution in [-0.2, 0) is 17.9 Å². The zero-order valence-electron chi connectivity index (χ0n) is 19.3. The van der Waals surface area contributed by atoms with Crippen LogP contribution in [0.3, 0.4) is 0 Å². The zero-order valence-corrected chi connectivity index (χ0v) is 19.3. The summed E-state index contributed by atoms with van der Waals surface area (Å²) in [4.78, 5) is 35.2. The first-order valence-electron chi connectivity index (χ1n) is 10.8. The fraction of sp³-hybridized carbons (Fsp3) is 0.208. The molecule has 11 heteroatoms. The van der Waals surface area contributed by atoms with Crippen LogP contribution < -0.4 is 20.3 Å². The average Bonchev–Trinajstić information content (AvgIpc) is 3.41. The molecule has 11 nitrogen and oxygen atoms in total. The van der Waals surface area contributed by atoms with Gasteiger partial charge in [0.15, 0.2) is 5.82 Å². The van der Waals surface area contributed by atoms with E-state index in [1.807, 2.05) is 6.07 Å². The molecule has 1 amide bonds. The Hall–Kier alpha value is -4.67. The van der Waals surface area contributed by atoms with E-state index in [1.54, 1.807) is 62.1 Å². The van der Waals surface area contributed by atoms with Gasteiger partial charge in [0, 0.05) is 11.1 Å². The van der Waals surface area contributed by atoms with Crippen molar-refractivity contribution in [1.82, 2.24) is 24.3 Å². The lowest BCUT2D eigenvalue weighted by atomic mass is 10.2. The molecule has 0 atom stereocenters. The largest absolute Gasteiger partial charge is 0.497 e. The Kier molecular flexibility index (Phi) is 5.65. The Morgan fingerprint density at radius 1 is 1.09 bits per heavy atom. The number of hydrogen-bond donors (Lipinski definition) is 1. The van der Waals surface area contributed by atoms with Gasteiger partial charge >= 0.3 is 0 Å². The van der Waals surface area contributed by atoms with Crippen molar-refractivity contribution in [3.63, 3.8) is 0 Å². The van der Waals surface area contributed by atoms with Gasteiger partial charge in [-0.3, -0.25) is 14.2 Å². The van der Waals surface area contributed by atoms with Crippen LogP contribution in [0.5, 0.6) is 11.5 Å². The number of nitrogens with zero attached hydrogens (tertiary/aromatic N) is 5. The third kappa shape index (κ3) is 4.19. The molecular weight excluding hydrogens is 452 g/mol. The SMILES string of the molecule is COc1ccc(NC(=O)Cn2c3ccc(OC)cc3c3ncn(Cc4nc(C)no4)c(=O)c32)cc1. The van der Waals surface area contributed by atoms with E-state index in [2.05, 4.69) is 20.4 Å². The maximum Gasteiger partial charge on any atom is 0.278 e. The molecule has 35 heavy (non-hydrogen) atoms. The number of amides is 1. The summed E-state index contributed by atoms with van der Waals surface area (Å²) in [5, 5.41) is 7.33. The third-order valence-electron chi connectivity index (χ3n) is 5.58. The van der Waals surface area contributed by atoms with Crippen molar-refractivity contribution in [2.75, 3.05) is 19.5 Å². The summed E-state index contributed by atoms with van der Waals surface area (Å²) in [6.07, 6.45) is 1.44. The minimum atomic E-state index is -0.335. The molecule has 178 valence electrons. The Balaban J connectivity index is 1.58. The average molecular weight is 474 g/mol. The van der Waals surface area contributed by atoms with Crippen molar-refractivity contribution in [2.24, 2.45) is 0 Å². The molecule has 5 rings (SSSR count). The first-order valence-corrected chi connectivity index (χ1v) is 10.8. The van der Waals surface area contributed by atoms with Gasteiger partial charge in [0.25, 0.3) is 5.56 Å². The fourth-order valence-corrected chi connectivity index (χ4v) is 3.95. The van der Waals surface area contributed by atoms with E-state index in [1.165, 1.54) is 10.9 Å². The highest BCUT2D eigenvalue weighted by Gasteiger charge is 2.20. The van der Waals surface area contributed by atoms with Crippen LogP contribution in [-0.4, -0.2) is 44.4 Å². The first kappa shape index (κ1) is 22.1. The molecule has 1 N–H and O–H groups in total. The molecule has 3 heterocycles. The van der Waals surface area contributed by atoms with Gasteiger partial charge in [-0.05, 0) is 49.4 Å². The summed E-state index contributed by atoms with van der Waals surface area (Å²) < 4.78 is 18.7. The van der Waals surface area contributed by atoms with Crippen LogP contribution in [0.15, 0.2) is 58.1 Å². The fourth-order valence-electron chi connectivity index (χ4n) is 3.95. The van der Waals surface area contributed by atoms with Gasteiger partial charge in [-0.1, -0.05) is 5.16 Å². The molecule has 0 aliphatic rings. The Bertz CT molecular complexity index is 1600. The van der Waals surface area contributed by atoms with E-state index in [4.69, 9.17) is 14.0 Å². The van der Waals surface area contributed by atoms with Crippen molar-refractivity contribution in [1.29, 1.82) is 0 Å². The lowest BCUT2D eigenvalue weighted by Crippen LogP contribution is -2.25. The zero-order chi connectivity index (χ0) is 24.5. The molecule has 2 aromatic carbocycles. The van der Waals surface area contributed by atoms with Crippen LogP contribution in [0.4, 0.5) is 5.69 Å². The van der Waals surface area contributed by atoms with E-state index >= 15 is 0 Å². The summed E-state index contributed by atoms with van der Waals surface area (Å²) >= 11 is 0. The number of aryl methyl sites for hydroxylation is 1. The Morgan fingerprint density at radius 3 is 2.51 bits per heavy atom. The number of fused-ring (bicyclic) bond motifs is 3. The molecule has 0 saturated heterocycles.